The highest BCUT2D eigenvalue weighted by Gasteiger charge is 2.21. The maximum atomic E-state index is 14.0. The quantitative estimate of drug-likeness (QED) is 0.921. The fourth-order valence-corrected chi connectivity index (χ4v) is 1.95. The van der Waals surface area contributed by atoms with Gasteiger partial charge in [0.1, 0.15) is 11.9 Å². The number of benzene rings is 2. The van der Waals surface area contributed by atoms with E-state index in [4.69, 9.17) is 4.74 Å². The van der Waals surface area contributed by atoms with Gasteiger partial charge >= 0.3 is 0 Å². The molecular formula is C15H14F2O2. The molecule has 2 rings (SSSR count). The number of hydrogen-bond donors (Lipinski definition) is 1. The number of hydrogen-bond acceptors (Lipinski definition) is 2. The van der Waals surface area contributed by atoms with Crippen LogP contribution in [-0.4, -0.2) is 12.2 Å². The van der Waals surface area contributed by atoms with Crippen LogP contribution in [0, 0.1) is 18.6 Å². The van der Waals surface area contributed by atoms with Crippen LogP contribution in [0.1, 0.15) is 22.8 Å². The van der Waals surface area contributed by atoms with Gasteiger partial charge in [-0.2, -0.15) is 0 Å². The van der Waals surface area contributed by atoms with Crippen molar-refractivity contribution in [2.45, 2.75) is 13.0 Å². The van der Waals surface area contributed by atoms with Gasteiger partial charge in [-0.15, -0.1) is 0 Å². The third kappa shape index (κ3) is 2.44. The van der Waals surface area contributed by atoms with E-state index in [0.29, 0.717) is 5.56 Å². The Morgan fingerprint density at radius 3 is 2.21 bits per heavy atom. The monoisotopic (exact) mass is 264 g/mol. The van der Waals surface area contributed by atoms with Crippen molar-refractivity contribution in [1.29, 1.82) is 0 Å². The van der Waals surface area contributed by atoms with Crippen LogP contribution >= 0.6 is 0 Å². The first-order valence-electron chi connectivity index (χ1n) is 5.81. The summed E-state index contributed by atoms with van der Waals surface area (Å²) in [6.45, 7) is 1.59. The summed E-state index contributed by atoms with van der Waals surface area (Å²) in [6, 6.07) is 9.05. The van der Waals surface area contributed by atoms with Gasteiger partial charge in [0.15, 0.2) is 11.6 Å². The summed E-state index contributed by atoms with van der Waals surface area (Å²) in [5, 5.41) is 10.2. The minimum absolute atomic E-state index is 0.0103. The Morgan fingerprint density at radius 2 is 1.58 bits per heavy atom. The van der Waals surface area contributed by atoms with Gasteiger partial charge in [-0.1, -0.05) is 30.3 Å². The maximum absolute atomic E-state index is 14.0. The highest BCUT2D eigenvalue weighted by molar-refractivity contribution is 5.38. The predicted octanol–water partition coefficient (Wildman–Crippen LogP) is 3.36. The second-order valence-corrected chi connectivity index (χ2v) is 4.24. The minimum atomic E-state index is -1.37. The van der Waals surface area contributed by atoms with Gasteiger partial charge in [0.25, 0.3) is 0 Å². The first-order chi connectivity index (χ1) is 9.06. The molecule has 0 saturated carbocycles. The van der Waals surface area contributed by atoms with E-state index in [0.717, 1.165) is 0 Å². The van der Waals surface area contributed by atoms with Gasteiger partial charge in [-0.3, -0.25) is 0 Å². The normalized spacial score (nSPS) is 12.3. The molecule has 0 bridgehead atoms. The predicted molar refractivity (Wildman–Crippen MR) is 68.2 cm³/mol. The number of halogens is 2. The van der Waals surface area contributed by atoms with E-state index < -0.39 is 17.7 Å². The lowest BCUT2D eigenvalue weighted by Crippen LogP contribution is -2.07. The molecular weight excluding hydrogens is 250 g/mol. The molecule has 4 heteroatoms. The summed E-state index contributed by atoms with van der Waals surface area (Å²) in [5.41, 5.74) is 0.441. The van der Waals surface area contributed by atoms with E-state index >= 15 is 0 Å². The molecule has 2 nitrogen and oxygen atoms in total. The number of aliphatic hydroxyl groups excluding tert-OH is 1. The van der Waals surface area contributed by atoms with Gasteiger partial charge in [0, 0.05) is 11.1 Å². The molecule has 0 saturated heterocycles. The number of aliphatic hydroxyl groups is 1. The van der Waals surface area contributed by atoms with Crippen molar-refractivity contribution in [2.24, 2.45) is 0 Å². The van der Waals surface area contributed by atoms with Crippen LogP contribution in [0.2, 0.25) is 0 Å². The molecule has 1 atom stereocenters. The van der Waals surface area contributed by atoms with E-state index in [1.165, 1.54) is 25.3 Å². The summed E-state index contributed by atoms with van der Waals surface area (Å²) >= 11 is 0. The lowest BCUT2D eigenvalue weighted by Gasteiger charge is -2.15. The standard InChI is InChI=1S/C15H14F2O2/c1-9-5-3-6-10(13(9)16)15(18)11-7-4-8-12(19-2)14(11)17/h3-8,15,18H,1-2H3. The molecule has 2 aromatic carbocycles. The number of aryl methyl sites for hydroxylation is 1. The van der Waals surface area contributed by atoms with Crippen LogP contribution < -0.4 is 4.74 Å². The third-order valence-corrected chi connectivity index (χ3v) is 3.02. The van der Waals surface area contributed by atoms with Crippen LogP contribution in [0.5, 0.6) is 5.75 Å². The SMILES string of the molecule is COc1cccc(C(O)c2cccc(C)c2F)c1F. The van der Waals surface area contributed by atoms with Crippen molar-refractivity contribution in [3.05, 3.63) is 64.7 Å². The lowest BCUT2D eigenvalue weighted by molar-refractivity contribution is 0.208. The van der Waals surface area contributed by atoms with Crippen molar-refractivity contribution in [3.8, 4) is 5.75 Å². The third-order valence-electron chi connectivity index (χ3n) is 3.02. The first kappa shape index (κ1) is 13.5. The Kier molecular flexibility index (Phi) is 3.81. The van der Waals surface area contributed by atoms with Crippen molar-refractivity contribution in [3.63, 3.8) is 0 Å². The fourth-order valence-electron chi connectivity index (χ4n) is 1.95. The van der Waals surface area contributed by atoms with E-state index in [1.807, 2.05) is 0 Å². The van der Waals surface area contributed by atoms with Gasteiger partial charge < -0.3 is 9.84 Å². The number of rotatable bonds is 3. The van der Waals surface area contributed by atoms with E-state index in [2.05, 4.69) is 0 Å². The zero-order chi connectivity index (χ0) is 14.0. The fraction of sp³-hybridized carbons (Fsp3) is 0.200. The van der Waals surface area contributed by atoms with Crippen molar-refractivity contribution >= 4 is 0 Å². The van der Waals surface area contributed by atoms with Gasteiger partial charge in [0.2, 0.25) is 0 Å². The molecule has 2 aromatic rings. The maximum Gasteiger partial charge on any atom is 0.171 e. The Labute approximate surface area is 110 Å². The molecule has 0 aliphatic heterocycles. The lowest BCUT2D eigenvalue weighted by atomic mass is 9.98. The summed E-state index contributed by atoms with van der Waals surface area (Å²) in [7, 11) is 1.34. The Balaban J connectivity index is 2.50. The summed E-state index contributed by atoms with van der Waals surface area (Å²) in [4.78, 5) is 0. The molecule has 0 aromatic heterocycles. The van der Waals surface area contributed by atoms with Gasteiger partial charge in [-0.05, 0) is 18.6 Å². The van der Waals surface area contributed by atoms with Crippen LogP contribution in [-0.2, 0) is 0 Å². The molecule has 0 heterocycles. The smallest absolute Gasteiger partial charge is 0.171 e. The second-order valence-electron chi connectivity index (χ2n) is 4.24. The first-order valence-corrected chi connectivity index (χ1v) is 5.81. The average Bonchev–Trinajstić information content (AvgIpc) is 2.41. The van der Waals surface area contributed by atoms with E-state index in [-0.39, 0.29) is 16.9 Å². The van der Waals surface area contributed by atoms with Crippen molar-refractivity contribution < 1.29 is 18.6 Å². The molecule has 0 fully saturated rings. The molecule has 0 amide bonds. The van der Waals surface area contributed by atoms with Gasteiger partial charge in [-0.25, -0.2) is 8.78 Å². The molecule has 0 aliphatic rings. The van der Waals surface area contributed by atoms with Crippen LogP contribution in [0.4, 0.5) is 8.78 Å². The van der Waals surface area contributed by atoms with E-state index in [9.17, 15) is 13.9 Å². The number of ether oxygens (including phenoxy) is 1. The van der Waals surface area contributed by atoms with Crippen molar-refractivity contribution in [1.82, 2.24) is 0 Å². The zero-order valence-corrected chi connectivity index (χ0v) is 10.7. The molecule has 19 heavy (non-hydrogen) atoms. The highest BCUT2D eigenvalue weighted by atomic mass is 19.1. The van der Waals surface area contributed by atoms with Crippen LogP contribution in [0.25, 0.3) is 0 Å². The Bertz CT molecular complexity index is 597. The topological polar surface area (TPSA) is 29.5 Å². The summed E-state index contributed by atoms with van der Waals surface area (Å²) < 4.78 is 32.8. The molecule has 0 aliphatic carbocycles. The molecule has 1 N–H and O–H groups in total. The Morgan fingerprint density at radius 1 is 1.00 bits per heavy atom. The van der Waals surface area contributed by atoms with Crippen LogP contribution in [0.15, 0.2) is 36.4 Å². The highest BCUT2D eigenvalue weighted by Crippen LogP contribution is 2.31. The largest absolute Gasteiger partial charge is 0.494 e. The summed E-state index contributed by atoms with van der Waals surface area (Å²) in [6.07, 6.45) is -1.37. The Hall–Kier alpha value is -1.94. The summed E-state index contributed by atoms with van der Waals surface area (Å²) in [5.74, 6) is -1.19. The van der Waals surface area contributed by atoms with Crippen LogP contribution in [0.3, 0.4) is 0 Å². The minimum Gasteiger partial charge on any atom is -0.494 e. The molecule has 1 unspecified atom stereocenters. The van der Waals surface area contributed by atoms with E-state index in [1.54, 1.807) is 25.1 Å². The van der Waals surface area contributed by atoms with Crippen molar-refractivity contribution in [2.75, 3.05) is 7.11 Å². The molecule has 0 radical (unpaired) electrons. The number of methoxy groups -OCH3 is 1. The average molecular weight is 264 g/mol. The zero-order valence-electron chi connectivity index (χ0n) is 10.7. The molecule has 0 spiro atoms. The second kappa shape index (κ2) is 5.36. The van der Waals surface area contributed by atoms with Gasteiger partial charge in [0.05, 0.1) is 7.11 Å². The molecule has 100 valence electrons.